The van der Waals surface area contributed by atoms with E-state index in [-0.39, 0.29) is 12.2 Å². The molecule has 0 bridgehead atoms. The van der Waals surface area contributed by atoms with Gasteiger partial charge in [0.05, 0.1) is 7.11 Å². The first-order chi connectivity index (χ1) is 9.06. The van der Waals surface area contributed by atoms with Gasteiger partial charge >= 0.3 is 5.97 Å². The smallest absolute Gasteiger partial charge is 0.313 e. The number of carbonyl (C=O) groups is 2. The van der Waals surface area contributed by atoms with Crippen molar-refractivity contribution in [3.8, 4) is 0 Å². The summed E-state index contributed by atoms with van der Waals surface area (Å²) in [4.78, 5) is 22.2. The van der Waals surface area contributed by atoms with Gasteiger partial charge in [0, 0.05) is 6.42 Å². The molecule has 0 saturated carbocycles. The molecule has 0 heterocycles. The molecule has 0 N–H and O–H groups in total. The maximum atomic E-state index is 11.3. The predicted molar refractivity (Wildman–Crippen MR) is 78.0 cm³/mol. The summed E-state index contributed by atoms with van der Waals surface area (Å²) in [6.45, 7) is 4.54. The third kappa shape index (κ3) is 13.4. The summed E-state index contributed by atoms with van der Waals surface area (Å²) in [6.07, 6.45) is 10.2. The van der Waals surface area contributed by atoms with E-state index in [0.717, 1.165) is 18.8 Å². The lowest BCUT2D eigenvalue weighted by Gasteiger charge is -2.04. The monoisotopic (exact) mass is 270 g/mol. The largest absolute Gasteiger partial charge is 0.469 e. The molecule has 0 amide bonds. The molecule has 0 aliphatic heterocycles. The molecule has 0 aliphatic rings. The number of rotatable bonds is 12. The highest BCUT2D eigenvalue weighted by molar-refractivity contribution is 5.95. The Kier molecular flexibility index (Phi) is 11.6. The maximum Gasteiger partial charge on any atom is 0.313 e. The number of ketones is 1. The summed E-state index contributed by atoms with van der Waals surface area (Å²) in [5.74, 6) is 0.403. The van der Waals surface area contributed by atoms with Gasteiger partial charge in [0.15, 0.2) is 0 Å². The molecule has 112 valence electrons. The minimum Gasteiger partial charge on any atom is -0.469 e. The molecular weight excluding hydrogens is 240 g/mol. The first-order valence-corrected chi connectivity index (χ1v) is 7.64. The van der Waals surface area contributed by atoms with Gasteiger partial charge < -0.3 is 4.74 Å². The van der Waals surface area contributed by atoms with Gasteiger partial charge in [0.25, 0.3) is 0 Å². The SMILES string of the molecule is COC(=O)CC(=O)CCCCCCCCCC(C)C. The number of hydrogen-bond donors (Lipinski definition) is 0. The molecule has 0 aromatic carbocycles. The number of unbranched alkanes of at least 4 members (excludes halogenated alkanes) is 6. The Hall–Kier alpha value is -0.860. The fourth-order valence-corrected chi connectivity index (χ4v) is 2.08. The predicted octanol–water partition coefficient (Wildman–Crippen LogP) is 4.29. The van der Waals surface area contributed by atoms with Gasteiger partial charge in [-0.05, 0) is 12.3 Å². The van der Waals surface area contributed by atoms with Crippen molar-refractivity contribution in [1.82, 2.24) is 0 Å². The number of carbonyl (C=O) groups excluding carboxylic acids is 2. The van der Waals surface area contributed by atoms with Crippen LogP contribution < -0.4 is 0 Å². The number of esters is 1. The van der Waals surface area contributed by atoms with Crippen LogP contribution in [0.2, 0.25) is 0 Å². The van der Waals surface area contributed by atoms with Crippen LogP contribution in [0, 0.1) is 5.92 Å². The molecule has 0 aliphatic carbocycles. The summed E-state index contributed by atoms with van der Waals surface area (Å²) in [6, 6.07) is 0. The van der Waals surface area contributed by atoms with Crippen molar-refractivity contribution in [3.63, 3.8) is 0 Å². The number of ether oxygens (including phenoxy) is 1. The van der Waals surface area contributed by atoms with Gasteiger partial charge in [-0.1, -0.05) is 58.8 Å². The zero-order valence-corrected chi connectivity index (χ0v) is 12.9. The van der Waals surface area contributed by atoms with E-state index in [9.17, 15) is 9.59 Å². The van der Waals surface area contributed by atoms with Crippen molar-refractivity contribution in [1.29, 1.82) is 0 Å². The van der Waals surface area contributed by atoms with Crippen molar-refractivity contribution in [3.05, 3.63) is 0 Å². The molecule has 0 radical (unpaired) electrons. The first-order valence-electron chi connectivity index (χ1n) is 7.64. The molecule has 0 rings (SSSR count). The second-order valence-electron chi connectivity index (χ2n) is 5.70. The Labute approximate surface area is 118 Å². The maximum absolute atomic E-state index is 11.3. The van der Waals surface area contributed by atoms with E-state index in [1.54, 1.807) is 0 Å². The van der Waals surface area contributed by atoms with Crippen molar-refractivity contribution in [2.75, 3.05) is 7.11 Å². The van der Waals surface area contributed by atoms with Crippen LogP contribution in [0.25, 0.3) is 0 Å². The second-order valence-corrected chi connectivity index (χ2v) is 5.70. The standard InChI is InChI=1S/C16H30O3/c1-14(2)11-9-7-5-4-6-8-10-12-15(17)13-16(18)19-3/h14H,4-13H2,1-3H3. The zero-order valence-electron chi connectivity index (χ0n) is 12.9. The fraction of sp³-hybridized carbons (Fsp3) is 0.875. The first kappa shape index (κ1) is 18.1. The van der Waals surface area contributed by atoms with E-state index < -0.39 is 5.97 Å². The summed E-state index contributed by atoms with van der Waals surface area (Å²) in [5, 5.41) is 0. The molecular formula is C16H30O3. The number of Topliss-reactive ketones (excluding diaryl/α,β-unsaturated/α-hetero) is 1. The van der Waals surface area contributed by atoms with Crippen LogP contribution in [-0.4, -0.2) is 18.9 Å². The van der Waals surface area contributed by atoms with Gasteiger partial charge in [-0.2, -0.15) is 0 Å². The average Bonchev–Trinajstić information content (AvgIpc) is 2.36. The second kappa shape index (κ2) is 12.2. The Bertz CT molecular complexity index is 246. The van der Waals surface area contributed by atoms with Crippen LogP contribution in [0.15, 0.2) is 0 Å². The van der Waals surface area contributed by atoms with Gasteiger partial charge in [-0.25, -0.2) is 0 Å². The minimum atomic E-state index is -0.421. The van der Waals surface area contributed by atoms with Crippen LogP contribution in [-0.2, 0) is 14.3 Å². The van der Waals surface area contributed by atoms with Gasteiger partial charge in [-0.15, -0.1) is 0 Å². The average molecular weight is 270 g/mol. The Balaban J connectivity index is 3.22. The molecule has 0 aromatic heterocycles. The van der Waals surface area contributed by atoms with Crippen molar-refractivity contribution < 1.29 is 14.3 Å². The van der Waals surface area contributed by atoms with Crippen LogP contribution in [0.4, 0.5) is 0 Å². The molecule has 3 heteroatoms. The number of methoxy groups -OCH3 is 1. The summed E-state index contributed by atoms with van der Waals surface area (Å²) in [7, 11) is 1.31. The van der Waals surface area contributed by atoms with Crippen molar-refractivity contribution in [2.45, 2.75) is 78.1 Å². The lowest BCUT2D eigenvalue weighted by atomic mass is 10.0. The topological polar surface area (TPSA) is 43.4 Å². The summed E-state index contributed by atoms with van der Waals surface area (Å²) in [5.41, 5.74) is 0. The quantitative estimate of drug-likeness (QED) is 0.302. The van der Waals surface area contributed by atoms with Crippen LogP contribution in [0.3, 0.4) is 0 Å². The van der Waals surface area contributed by atoms with Crippen LogP contribution >= 0.6 is 0 Å². The lowest BCUT2D eigenvalue weighted by molar-refractivity contribution is -0.143. The van der Waals surface area contributed by atoms with E-state index in [2.05, 4.69) is 18.6 Å². The molecule has 0 aromatic rings. The Morgan fingerprint density at radius 3 is 1.95 bits per heavy atom. The number of hydrogen-bond acceptors (Lipinski definition) is 3. The van der Waals surface area contributed by atoms with Gasteiger partial charge in [0.2, 0.25) is 0 Å². The van der Waals surface area contributed by atoms with Crippen molar-refractivity contribution in [2.24, 2.45) is 5.92 Å². The normalized spacial score (nSPS) is 10.7. The molecule has 0 atom stereocenters. The van der Waals surface area contributed by atoms with Crippen LogP contribution in [0.5, 0.6) is 0 Å². The van der Waals surface area contributed by atoms with Gasteiger partial charge in [0.1, 0.15) is 12.2 Å². The van der Waals surface area contributed by atoms with Crippen LogP contribution in [0.1, 0.15) is 78.1 Å². The molecule has 19 heavy (non-hydrogen) atoms. The molecule has 0 saturated heterocycles. The van der Waals surface area contributed by atoms with E-state index >= 15 is 0 Å². The molecule has 0 spiro atoms. The molecule has 3 nitrogen and oxygen atoms in total. The molecule has 0 unspecified atom stereocenters. The summed E-state index contributed by atoms with van der Waals surface area (Å²) < 4.78 is 4.46. The Morgan fingerprint density at radius 2 is 1.42 bits per heavy atom. The minimum absolute atomic E-state index is 0.00350. The van der Waals surface area contributed by atoms with Gasteiger partial charge in [-0.3, -0.25) is 9.59 Å². The Morgan fingerprint density at radius 1 is 0.895 bits per heavy atom. The fourth-order valence-electron chi connectivity index (χ4n) is 2.08. The highest BCUT2D eigenvalue weighted by Crippen LogP contribution is 2.12. The third-order valence-electron chi connectivity index (χ3n) is 3.31. The highest BCUT2D eigenvalue weighted by atomic mass is 16.5. The lowest BCUT2D eigenvalue weighted by Crippen LogP contribution is -2.08. The van der Waals surface area contributed by atoms with E-state index in [1.165, 1.54) is 45.6 Å². The van der Waals surface area contributed by atoms with E-state index in [4.69, 9.17) is 0 Å². The summed E-state index contributed by atoms with van der Waals surface area (Å²) >= 11 is 0. The highest BCUT2D eigenvalue weighted by Gasteiger charge is 2.08. The van der Waals surface area contributed by atoms with E-state index in [1.807, 2.05) is 0 Å². The van der Waals surface area contributed by atoms with E-state index in [0.29, 0.717) is 6.42 Å². The third-order valence-corrected chi connectivity index (χ3v) is 3.31. The zero-order chi connectivity index (χ0) is 14.5. The molecule has 0 fully saturated rings. The van der Waals surface area contributed by atoms with Crippen molar-refractivity contribution >= 4 is 11.8 Å².